The zero-order chi connectivity index (χ0) is 11.5. The minimum atomic E-state index is 0. The van der Waals surface area contributed by atoms with E-state index in [1.165, 1.54) is 16.5 Å². The van der Waals surface area contributed by atoms with Crippen LogP contribution in [0.5, 0.6) is 0 Å². The third-order valence-corrected chi connectivity index (χ3v) is 2.89. The molecule has 92 valence electrons. The first-order valence-electron chi connectivity index (χ1n) is 5.77. The van der Waals surface area contributed by atoms with E-state index in [0.29, 0.717) is 0 Å². The van der Waals surface area contributed by atoms with Gasteiger partial charge in [0.15, 0.2) is 0 Å². The molecule has 3 rings (SSSR count). The van der Waals surface area contributed by atoms with Gasteiger partial charge in [0.2, 0.25) is 0 Å². The molecule has 0 amide bonds. The van der Waals surface area contributed by atoms with Crippen molar-refractivity contribution in [3.8, 4) is 0 Å². The van der Waals surface area contributed by atoms with Gasteiger partial charge in [-0.15, -0.1) is 12.4 Å². The van der Waals surface area contributed by atoms with Gasteiger partial charge in [-0.1, -0.05) is 24.3 Å². The average Bonchev–Trinajstić information content (AvgIpc) is 2.85. The molecule has 0 spiro atoms. The van der Waals surface area contributed by atoms with Crippen LogP contribution in [0.4, 0.5) is 5.69 Å². The van der Waals surface area contributed by atoms with Crippen LogP contribution >= 0.6 is 12.4 Å². The van der Waals surface area contributed by atoms with E-state index >= 15 is 0 Å². The lowest BCUT2D eigenvalue weighted by Gasteiger charge is -2.06. The number of hydrogen-bond donors (Lipinski definition) is 2. The van der Waals surface area contributed by atoms with Crippen LogP contribution in [0.15, 0.2) is 60.8 Å². The van der Waals surface area contributed by atoms with Gasteiger partial charge < -0.3 is 10.3 Å². The Balaban J connectivity index is 0.00000120. The number of H-pyrrole nitrogens is 1. The van der Waals surface area contributed by atoms with E-state index in [2.05, 4.69) is 46.7 Å². The smallest absolute Gasteiger partial charge is 0.0454 e. The van der Waals surface area contributed by atoms with E-state index in [-0.39, 0.29) is 12.4 Å². The van der Waals surface area contributed by atoms with Gasteiger partial charge >= 0.3 is 0 Å². The summed E-state index contributed by atoms with van der Waals surface area (Å²) in [5, 5.41) is 4.67. The summed E-state index contributed by atoms with van der Waals surface area (Å²) >= 11 is 0. The van der Waals surface area contributed by atoms with E-state index in [1.807, 2.05) is 24.4 Å². The Hall–Kier alpha value is -1.93. The fourth-order valence-electron chi connectivity index (χ4n) is 1.97. The molecule has 0 aliphatic rings. The summed E-state index contributed by atoms with van der Waals surface area (Å²) in [6.07, 6.45) is 1.97. The Morgan fingerprint density at radius 3 is 2.61 bits per heavy atom. The quantitative estimate of drug-likeness (QED) is 0.724. The zero-order valence-electron chi connectivity index (χ0n) is 9.89. The normalized spacial score (nSPS) is 10.0. The van der Waals surface area contributed by atoms with Gasteiger partial charge in [-0.3, -0.25) is 0 Å². The van der Waals surface area contributed by atoms with Crippen LogP contribution in [0.3, 0.4) is 0 Å². The Morgan fingerprint density at radius 2 is 1.78 bits per heavy atom. The molecule has 3 aromatic rings. The number of halogens is 1. The Labute approximate surface area is 112 Å². The molecule has 1 aromatic heterocycles. The highest BCUT2D eigenvalue weighted by molar-refractivity contribution is 5.85. The molecule has 0 unspecified atom stereocenters. The van der Waals surface area contributed by atoms with E-state index in [4.69, 9.17) is 0 Å². The highest BCUT2D eigenvalue weighted by atomic mass is 35.5. The lowest BCUT2D eigenvalue weighted by atomic mass is 10.1. The molecule has 0 aliphatic heterocycles. The number of aromatic amines is 1. The monoisotopic (exact) mass is 258 g/mol. The number of aromatic nitrogens is 1. The van der Waals surface area contributed by atoms with E-state index in [0.717, 1.165) is 12.2 Å². The second-order valence-corrected chi connectivity index (χ2v) is 4.12. The maximum absolute atomic E-state index is 3.41. The molecular weight excluding hydrogens is 244 g/mol. The van der Waals surface area contributed by atoms with Gasteiger partial charge in [0.05, 0.1) is 0 Å². The first-order chi connectivity index (χ1) is 8.42. The molecule has 1 heterocycles. The minimum absolute atomic E-state index is 0. The first kappa shape index (κ1) is 12.5. The van der Waals surface area contributed by atoms with Crippen molar-refractivity contribution in [1.82, 2.24) is 4.98 Å². The summed E-state index contributed by atoms with van der Waals surface area (Å²) in [5.41, 5.74) is 3.64. The van der Waals surface area contributed by atoms with Crippen LogP contribution in [0.25, 0.3) is 10.9 Å². The molecule has 0 atom stereocenters. The molecule has 0 bridgehead atoms. The molecule has 2 N–H and O–H groups in total. The van der Waals surface area contributed by atoms with E-state index in [9.17, 15) is 0 Å². The van der Waals surface area contributed by atoms with Crippen LogP contribution in [-0.4, -0.2) is 4.98 Å². The molecular formula is C15H15ClN2. The highest BCUT2D eigenvalue weighted by Crippen LogP contribution is 2.15. The fraction of sp³-hybridized carbons (Fsp3) is 0.0667. The molecule has 0 saturated carbocycles. The minimum Gasteiger partial charge on any atom is -0.381 e. The summed E-state index contributed by atoms with van der Waals surface area (Å²) in [6.45, 7) is 0.852. The number of hydrogen-bond acceptors (Lipinski definition) is 1. The molecule has 2 nitrogen and oxygen atoms in total. The third-order valence-electron chi connectivity index (χ3n) is 2.89. The molecule has 2 aromatic carbocycles. The number of rotatable bonds is 3. The number of fused-ring (bicyclic) bond motifs is 1. The van der Waals surface area contributed by atoms with Crippen LogP contribution < -0.4 is 5.32 Å². The van der Waals surface area contributed by atoms with Gasteiger partial charge in [0, 0.05) is 23.9 Å². The van der Waals surface area contributed by atoms with E-state index in [1.54, 1.807) is 0 Å². The summed E-state index contributed by atoms with van der Waals surface area (Å²) in [7, 11) is 0. The maximum Gasteiger partial charge on any atom is 0.0454 e. The largest absolute Gasteiger partial charge is 0.381 e. The summed E-state index contributed by atoms with van der Waals surface area (Å²) < 4.78 is 0. The molecule has 0 fully saturated rings. The zero-order valence-corrected chi connectivity index (χ0v) is 10.7. The van der Waals surface area contributed by atoms with Crippen molar-refractivity contribution in [3.05, 3.63) is 66.4 Å². The summed E-state index contributed by atoms with van der Waals surface area (Å²) in [5.74, 6) is 0. The molecule has 0 saturated heterocycles. The Bertz CT molecular complexity index is 616. The van der Waals surface area contributed by atoms with Crippen LogP contribution in [0, 0.1) is 0 Å². The van der Waals surface area contributed by atoms with Crippen molar-refractivity contribution in [2.24, 2.45) is 0 Å². The topological polar surface area (TPSA) is 27.8 Å². The second-order valence-electron chi connectivity index (χ2n) is 4.12. The molecule has 0 radical (unpaired) electrons. The van der Waals surface area contributed by atoms with Crippen LogP contribution in [0.1, 0.15) is 5.56 Å². The molecule has 0 aliphatic carbocycles. The Kier molecular flexibility index (Phi) is 3.90. The van der Waals surface area contributed by atoms with Gasteiger partial charge in [-0.25, -0.2) is 0 Å². The van der Waals surface area contributed by atoms with Crippen LogP contribution in [0.2, 0.25) is 0 Å². The van der Waals surface area contributed by atoms with E-state index < -0.39 is 0 Å². The lowest BCUT2D eigenvalue weighted by molar-refractivity contribution is 1.15. The standard InChI is InChI=1S/C15H14N2.ClH/c1-2-4-14(5-3-1)17-11-12-6-7-15-13(10-12)8-9-16-15;/h1-10,16-17H,11H2;1H. The van der Waals surface area contributed by atoms with Crippen LogP contribution in [-0.2, 0) is 6.54 Å². The van der Waals surface area contributed by atoms with Crippen molar-refractivity contribution in [3.63, 3.8) is 0 Å². The summed E-state index contributed by atoms with van der Waals surface area (Å²) in [4.78, 5) is 3.20. The Morgan fingerprint density at radius 1 is 0.944 bits per heavy atom. The molecule has 3 heteroatoms. The first-order valence-corrected chi connectivity index (χ1v) is 5.77. The average molecular weight is 259 g/mol. The SMILES string of the molecule is Cl.c1ccc(NCc2ccc3[nH]ccc3c2)cc1. The maximum atomic E-state index is 3.41. The van der Waals surface area contributed by atoms with Gasteiger partial charge in [0.1, 0.15) is 0 Å². The predicted molar refractivity (Wildman–Crippen MR) is 79.3 cm³/mol. The third kappa shape index (κ3) is 2.66. The number of nitrogens with one attached hydrogen (secondary N) is 2. The van der Waals surface area contributed by atoms with Crippen molar-refractivity contribution < 1.29 is 0 Å². The van der Waals surface area contributed by atoms with Crippen molar-refractivity contribution in [2.45, 2.75) is 6.54 Å². The van der Waals surface area contributed by atoms with Gasteiger partial charge in [0.25, 0.3) is 0 Å². The van der Waals surface area contributed by atoms with Crippen molar-refractivity contribution in [2.75, 3.05) is 5.32 Å². The van der Waals surface area contributed by atoms with Gasteiger partial charge in [-0.05, 0) is 41.3 Å². The number of para-hydroxylation sites is 1. The van der Waals surface area contributed by atoms with Crippen molar-refractivity contribution in [1.29, 1.82) is 0 Å². The summed E-state index contributed by atoms with van der Waals surface area (Å²) in [6, 6.07) is 18.8. The van der Waals surface area contributed by atoms with Gasteiger partial charge in [-0.2, -0.15) is 0 Å². The van der Waals surface area contributed by atoms with Crippen molar-refractivity contribution >= 4 is 29.0 Å². The number of benzene rings is 2. The molecule has 18 heavy (non-hydrogen) atoms. The second kappa shape index (κ2) is 5.61. The fourth-order valence-corrected chi connectivity index (χ4v) is 1.97. The lowest BCUT2D eigenvalue weighted by Crippen LogP contribution is -1.98. The highest BCUT2D eigenvalue weighted by Gasteiger charge is 1.97. The number of anilines is 1. The predicted octanol–water partition coefficient (Wildman–Crippen LogP) is 4.20.